The zero-order valence-electron chi connectivity index (χ0n) is 13.1. The van der Waals surface area contributed by atoms with E-state index in [2.05, 4.69) is 18.7 Å². The first kappa shape index (κ1) is 18.1. The van der Waals surface area contributed by atoms with Crippen LogP contribution in [0.1, 0.15) is 32.3 Å². The lowest BCUT2D eigenvalue weighted by molar-refractivity contribution is 0.110. The van der Waals surface area contributed by atoms with E-state index in [0.29, 0.717) is 19.2 Å². The molecule has 0 spiro atoms. The van der Waals surface area contributed by atoms with E-state index in [4.69, 9.17) is 4.74 Å². The minimum Gasteiger partial charge on any atom is -0.423 e. The third-order valence-corrected chi connectivity index (χ3v) is 3.80. The lowest BCUT2D eigenvalue weighted by atomic mass is 9.76. The van der Waals surface area contributed by atoms with Crippen LogP contribution in [0.15, 0.2) is 18.2 Å². The van der Waals surface area contributed by atoms with Crippen LogP contribution in [0.5, 0.6) is 0 Å². The van der Waals surface area contributed by atoms with Crippen molar-refractivity contribution in [2.45, 2.75) is 39.3 Å². The molecule has 1 rings (SSSR count). The summed E-state index contributed by atoms with van der Waals surface area (Å²) >= 11 is 0. The number of hydrogen-bond donors (Lipinski definition) is 2. The summed E-state index contributed by atoms with van der Waals surface area (Å²) in [4.78, 5) is 2.24. The van der Waals surface area contributed by atoms with Gasteiger partial charge in [0.15, 0.2) is 0 Å². The van der Waals surface area contributed by atoms with Gasteiger partial charge in [0.1, 0.15) is 5.82 Å². The molecule has 1 aromatic rings. The van der Waals surface area contributed by atoms with Crippen LogP contribution in [0.4, 0.5) is 4.39 Å². The molecule has 0 saturated carbocycles. The molecule has 0 bridgehead atoms. The monoisotopic (exact) mass is 297 g/mol. The van der Waals surface area contributed by atoms with Crippen LogP contribution in [0.25, 0.3) is 0 Å². The van der Waals surface area contributed by atoms with Gasteiger partial charge >= 0.3 is 7.12 Å². The van der Waals surface area contributed by atoms with Gasteiger partial charge in [-0.2, -0.15) is 0 Å². The third-order valence-electron chi connectivity index (χ3n) is 3.80. The lowest BCUT2D eigenvalue weighted by Gasteiger charge is -2.31. The van der Waals surface area contributed by atoms with Gasteiger partial charge in [-0.1, -0.05) is 19.9 Å². The molecule has 0 aliphatic rings. The van der Waals surface area contributed by atoms with Crippen molar-refractivity contribution in [1.29, 1.82) is 0 Å². The largest absolute Gasteiger partial charge is 0.488 e. The van der Waals surface area contributed by atoms with Crippen molar-refractivity contribution < 1.29 is 19.2 Å². The maximum atomic E-state index is 13.3. The second-order valence-corrected chi connectivity index (χ2v) is 5.15. The molecule has 0 aliphatic heterocycles. The van der Waals surface area contributed by atoms with Crippen LogP contribution < -0.4 is 5.46 Å². The van der Waals surface area contributed by atoms with Crippen LogP contribution in [-0.4, -0.2) is 48.4 Å². The van der Waals surface area contributed by atoms with Crippen LogP contribution >= 0.6 is 0 Å². The van der Waals surface area contributed by atoms with E-state index in [-0.39, 0.29) is 5.46 Å². The second kappa shape index (κ2) is 9.15. The van der Waals surface area contributed by atoms with Crippen LogP contribution in [0, 0.1) is 5.82 Å². The predicted molar refractivity (Wildman–Crippen MR) is 82.9 cm³/mol. The maximum Gasteiger partial charge on any atom is 0.488 e. The van der Waals surface area contributed by atoms with Gasteiger partial charge in [-0.15, -0.1) is 0 Å². The van der Waals surface area contributed by atoms with Gasteiger partial charge in [-0.25, -0.2) is 4.39 Å². The topological polar surface area (TPSA) is 52.9 Å². The number of hydrogen-bond acceptors (Lipinski definition) is 4. The molecular formula is C15H25BFNO3. The highest BCUT2D eigenvalue weighted by molar-refractivity contribution is 6.59. The molecule has 1 aromatic carbocycles. The average molecular weight is 297 g/mol. The van der Waals surface area contributed by atoms with E-state index in [9.17, 15) is 14.4 Å². The van der Waals surface area contributed by atoms with Gasteiger partial charge < -0.3 is 14.8 Å². The van der Waals surface area contributed by atoms with E-state index in [1.54, 1.807) is 13.2 Å². The number of benzene rings is 1. The van der Waals surface area contributed by atoms with Crippen molar-refractivity contribution in [3.05, 3.63) is 29.6 Å². The van der Waals surface area contributed by atoms with E-state index >= 15 is 0 Å². The Morgan fingerprint density at radius 2 is 1.95 bits per heavy atom. The van der Waals surface area contributed by atoms with E-state index in [1.807, 2.05) is 0 Å². The SMILES string of the molecule is CCC(CC)N(CCOC)Cc1ccc(F)cc1B(O)O. The highest BCUT2D eigenvalue weighted by atomic mass is 19.1. The zero-order valence-corrected chi connectivity index (χ0v) is 13.1. The Morgan fingerprint density at radius 3 is 2.48 bits per heavy atom. The van der Waals surface area contributed by atoms with Crippen LogP contribution in [-0.2, 0) is 11.3 Å². The Hall–Kier alpha value is -0.945. The quantitative estimate of drug-likeness (QED) is 0.671. The van der Waals surface area contributed by atoms with Gasteiger partial charge in [-0.3, -0.25) is 4.90 Å². The molecule has 0 unspecified atom stereocenters. The fourth-order valence-corrected chi connectivity index (χ4v) is 2.57. The summed E-state index contributed by atoms with van der Waals surface area (Å²) in [6.45, 7) is 6.15. The molecule has 0 atom stereocenters. The van der Waals surface area contributed by atoms with Crippen molar-refractivity contribution in [3.63, 3.8) is 0 Å². The molecule has 0 amide bonds. The van der Waals surface area contributed by atoms with Crippen molar-refractivity contribution in [3.8, 4) is 0 Å². The molecule has 0 saturated heterocycles. The number of methoxy groups -OCH3 is 1. The average Bonchev–Trinajstić information content (AvgIpc) is 2.47. The Balaban J connectivity index is 2.96. The number of ether oxygens (including phenoxy) is 1. The highest BCUT2D eigenvalue weighted by Crippen LogP contribution is 2.13. The Labute approximate surface area is 126 Å². The molecule has 4 nitrogen and oxygen atoms in total. The minimum absolute atomic E-state index is 0.225. The van der Waals surface area contributed by atoms with E-state index in [1.165, 1.54) is 12.1 Å². The van der Waals surface area contributed by atoms with Crippen LogP contribution in [0.2, 0.25) is 0 Å². The van der Waals surface area contributed by atoms with Crippen molar-refractivity contribution in [2.75, 3.05) is 20.3 Å². The first-order valence-electron chi connectivity index (χ1n) is 7.40. The van der Waals surface area contributed by atoms with E-state index < -0.39 is 12.9 Å². The van der Waals surface area contributed by atoms with Gasteiger partial charge in [0.05, 0.1) is 6.61 Å². The highest BCUT2D eigenvalue weighted by Gasteiger charge is 2.21. The minimum atomic E-state index is -1.67. The summed E-state index contributed by atoms with van der Waals surface area (Å²) < 4.78 is 18.4. The number of halogens is 1. The molecule has 118 valence electrons. The summed E-state index contributed by atoms with van der Waals surface area (Å²) in [7, 11) is -0.00650. The second-order valence-electron chi connectivity index (χ2n) is 5.15. The molecule has 0 radical (unpaired) electrons. The number of nitrogens with zero attached hydrogens (tertiary/aromatic N) is 1. The van der Waals surface area contributed by atoms with E-state index in [0.717, 1.165) is 24.9 Å². The maximum absolute atomic E-state index is 13.3. The number of rotatable bonds is 9. The Morgan fingerprint density at radius 1 is 1.29 bits per heavy atom. The predicted octanol–water partition coefficient (Wildman–Crippen LogP) is 1.14. The van der Waals surface area contributed by atoms with Gasteiger partial charge in [0.25, 0.3) is 0 Å². The summed E-state index contributed by atoms with van der Waals surface area (Å²) in [6.07, 6.45) is 2.00. The normalized spacial score (nSPS) is 11.4. The fourth-order valence-electron chi connectivity index (χ4n) is 2.57. The van der Waals surface area contributed by atoms with Crippen molar-refractivity contribution >= 4 is 12.6 Å². The smallest absolute Gasteiger partial charge is 0.423 e. The fraction of sp³-hybridized carbons (Fsp3) is 0.600. The molecule has 21 heavy (non-hydrogen) atoms. The van der Waals surface area contributed by atoms with Gasteiger partial charge in [-0.05, 0) is 36.0 Å². The molecule has 0 fully saturated rings. The standard InChI is InChI=1S/C15H25BFNO3/c1-4-14(5-2)18(8-9-21-3)11-12-6-7-13(17)10-15(12)16(19)20/h6-7,10,14,19-20H,4-5,8-9,11H2,1-3H3. The van der Waals surface area contributed by atoms with Crippen molar-refractivity contribution in [1.82, 2.24) is 4.90 Å². The summed E-state index contributed by atoms with van der Waals surface area (Å²) in [5.41, 5.74) is 0.956. The molecule has 0 heterocycles. The molecule has 0 aromatic heterocycles. The lowest BCUT2D eigenvalue weighted by Crippen LogP contribution is -2.40. The summed E-state index contributed by atoms with van der Waals surface area (Å²) in [6, 6.07) is 4.53. The van der Waals surface area contributed by atoms with Crippen molar-refractivity contribution in [2.24, 2.45) is 0 Å². The molecule has 0 aliphatic carbocycles. The molecule has 6 heteroatoms. The first-order chi connectivity index (χ1) is 10.0. The summed E-state index contributed by atoms with van der Waals surface area (Å²) in [5, 5.41) is 18.8. The first-order valence-corrected chi connectivity index (χ1v) is 7.40. The van der Waals surface area contributed by atoms with Crippen LogP contribution in [0.3, 0.4) is 0 Å². The third kappa shape index (κ3) is 5.39. The molecular weight excluding hydrogens is 272 g/mol. The summed E-state index contributed by atoms with van der Waals surface area (Å²) in [5.74, 6) is -0.465. The Kier molecular flexibility index (Phi) is 7.89. The zero-order chi connectivity index (χ0) is 15.8. The van der Waals surface area contributed by atoms with Gasteiger partial charge in [0.2, 0.25) is 0 Å². The molecule has 2 N–H and O–H groups in total. The van der Waals surface area contributed by atoms with Gasteiger partial charge in [0, 0.05) is 26.2 Å². The Bertz CT molecular complexity index is 427.